The molecule has 0 aromatic carbocycles. The normalized spacial score (nSPS) is 10.8. The Morgan fingerprint density at radius 1 is 1.57 bits per heavy atom. The molecule has 0 aliphatic heterocycles. The van der Waals surface area contributed by atoms with E-state index in [0.29, 0.717) is 11.7 Å². The molecule has 2 N–H and O–H groups in total. The lowest BCUT2D eigenvalue weighted by Crippen LogP contribution is -1.97. The number of nitrogens with two attached hydrogens (primary N) is 1. The number of nitrogens with zero attached hydrogens (tertiary/aromatic N) is 4. The van der Waals surface area contributed by atoms with Crippen molar-refractivity contribution in [1.82, 2.24) is 19.9 Å². The monoisotopic (exact) mass is 193 g/mol. The third-order valence-corrected chi connectivity index (χ3v) is 2.12. The summed E-state index contributed by atoms with van der Waals surface area (Å²) in [5.74, 6) is 0.972. The zero-order chi connectivity index (χ0) is 10.1. The van der Waals surface area contributed by atoms with Gasteiger partial charge in [0.1, 0.15) is 0 Å². The van der Waals surface area contributed by atoms with Crippen molar-refractivity contribution >= 4 is 0 Å². The first-order chi connectivity index (χ1) is 6.72. The van der Waals surface area contributed by atoms with E-state index < -0.39 is 0 Å². The minimum atomic E-state index is 0.281. The predicted octanol–water partition coefficient (Wildman–Crippen LogP) is 0.237. The van der Waals surface area contributed by atoms with Crippen LogP contribution in [-0.4, -0.2) is 19.9 Å². The van der Waals surface area contributed by atoms with E-state index in [4.69, 9.17) is 10.3 Å². The summed E-state index contributed by atoms with van der Waals surface area (Å²) in [5, 5.41) is 7.80. The lowest BCUT2D eigenvalue weighted by molar-refractivity contribution is 0.422. The molecular weight excluding hydrogens is 182 g/mol. The van der Waals surface area contributed by atoms with Gasteiger partial charge in [0, 0.05) is 12.7 Å². The van der Waals surface area contributed by atoms with Gasteiger partial charge in [-0.1, -0.05) is 5.16 Å². The number of rotatable bonds is 2. The van der Waals surface area contributed by atoms with E-state index in [9.17, 15) is 0 Å². The topological polar surface area (TPSA) is 82.8 Å². The van der Waals surface area contributed by atoms with E-state index in [1.807, 2.05) is 14.0 Å². The van der Waals surface area contributed by atoms with Gasteiger partial charge in [0.15, 0.2) is 5.82 Å². The molecule has 6 heteroatoms. The Balaban J connectivity index is 2.44. The maximum Gasteiger partial charge on any atom is 0.261 e. The van der Waals surface area contributed by atoms with Gasteiger partial charge < -0.3 is 10.3 Å². The summed E-state index contributed by atoms with van der Waals surface area (Å²) < 4.78 is 6.79. The SMILES string of the molecule is Cc1c(-c2nc(CN)no2)cnn1C. The second-order valence-corrected chi connectivity index (χ2v) is 2.99. The van der Waals surface area contributed by atoms with Crippen LogP contribution in [0.4, 0.5) is 0 Å². The lowest BCUT2D eigenvalue weighted by atomic mass is 10.2. The highest BCUT2D eigenvalue weighted by Gasteiger charge is 2.13. The highest BCUT2D eigenvalue weighted by Crippen LogP contribution is 2.19. The maximum absolute atomic E-state index is 5.38. The molecule has 14 heavy (non-hydrogen) atoms. The van der Waals surface area contributed by atoms with Crippen molar-refractivity contribution in [2.24, 2.45) is 12.8 Å². The van der Waals surface area contributed by atoms with Crippen molar-refractivity contribution < 1.29 is 4.52 Å². The van der Waals surface area contributed by atoms with Crippen LogP contribution in [0, 0.1) is 6.92 Å². The van der Waals surface area contributed by atoms with Gasteiger partial charge in [-0.15, -0.1) is 0 Å². The quantitative estimate of drug-likeness (QED) is 0.738. The molecule has 0 aliphatic rings. The highest BCUT2D eigenvalue weighted by molar-refractivity contribution is 5.54. The molecule has 74 valence electrons. The Labute approximate surface area is 80.7 Å². The fourth-order valence-corrected chi connectivity index (χ4v) is 1.15. The van der Waals surface area contributed by atoms with Crippen LogP contribution in [0.2, 0.25) is 0 Å². The number of aryl methyl sites for hydroxylation is 1. The summed E-state index contributed by atoms with van der Waals surface area (Å²) in [7, 11) is 1.86. The molecule has 2 aromatic heterocycles. The summed E-state index contributed by atoms with van der Waals surface area (Å²) in [5.41, 5.74) is 7.21. The van der Waals surface area contributed by atoms with E-state index in [2.05, 4.69) is 15.2 Å². The van der Waals surface area contributed by atoms with Crippen LogP contribution in [0.15, 0.2) is 10.7 Å². The first-order valence-corrected chi connectivity index (χ1v) is 4.24. The zero-order valence-corrected chi connectivity index (χ0v) is 8.06. The molecule has 0 aliphatic carbocycles. The van der Waals surface area contributed by atoms with Crippen molar-refractivity contribution in [3.63, 3.8) is 0 Å². The van der Waals surface area contributed by atoms with Crippen LogP contribution in [0.25, 0.3) is 11.5 Å². The smallest absolute Gasteiger partial charge is 0.261 e. The molecule has 6 nitrogen and oxygen atoms in total. The first kappa shape index (κ1) is 8.89. The molecule has 0 unspecified atom stereocenters. The fourth-order valence-electron chi connectivity index (χ4n) is 1.15. The molecule has 0 atom stereocenters. The van der Waals surface area contributed by atoms with Crippen molar-refractivity contribution in [2.75, 3.05) is 0 Å². The standard InChI is InChI=1S/C8H11N5O/c1-5-6(4-10-13(5)2)8-11-7(3-9)12-14-8/h4H,3,9H2,1-2H3. The molecule has 0 amide bonds. The van der Waals surface area contributed by atoms with Gasteiger partial charge in [-0.25, -0.2) is 0 Å². The fraction of sp³-hybridized carbons (Fsp3) is 0.375. The number of hydrogen-bond acceptors (Lipinski definition) is 5. The van der Waals surface area contributed by atoms with Gasteiger partial charge in [0.25, 0.3) is 5.89 Å². The minimum absolute atomic E-state index is 0.281. The number of aromatic nitrogens is 4. The second kappa shape index (κ2) is 3.22. The molecule has 0 fully saturated rings. The van der Waals surface area contributed by atoms with Crippen molar-refractivity contribution in [3.05, 3.63) is 17.7 Å². The summed E-state index contributed by atoms with van der Waals surface area (Å²) in [6.07, 6.45) is 1.70. The van der Waals surface area contributed by atoms with Gasteiger partial charge in [0.2, 0.25) is 0 Å². The van der Waals surface area contributed by atoms with Crippen LogP contribution < -0.4 is 5.73 Å². The van der Waals surface area contributed by atoms with Gasteiger partial charge >= 0.3 is 0 Å². The van der Waals surface area contributed by atoms with Crippen LogP contribution in [0.3, 0.4) is 0 Å². The van der Waals surface area contributed by atoms with Crippen molar-refractivity contribution in [1.29, 1.82) is 0 Å². The van der Waals surface area contributed by atoms with Crippen molar-refractivity contribution in [3.8, 4) is 11.5 Å². The molecule has 0 saturated heterocycles. The minimum Gasteiger partial charge on any atom is -0.334 e. The first-order valence-electron chi connectivity index (χ1n) is 4.24. The summed E-state index contributed by atoms with van der Waals surface area (Å²) in [6, 6.07) is 0. The van der Waals surface area contributed by atoms with E-state index in [1.54, 1.807) is 10.9 Å². The zero-order valence-electron chi connectivity index (χ0n) is 8.06. The van der Waals surface area contributed by atoms with Crippen LogP contribution >= 0.6 is 0 Å². The summed E-state index contributed by atoms with van der Waals surface area (Å²) in [6.45, 7) is 2.22. The third-order valence-electron chi connectivity index (χ3n) is 2.12. The lowest BCUT2D eigenvalue weighted by Gasteiger charge is -1.93. The molecule has 0 bridgehead atoms. The van der Waals surface area contributed by atoms with E-state index >= 15 is 0 Å². The molecule has 2 rings (SSSR count). The second-order valence-electron chi connectivity index (χ2n) is 2.99. The Bertz CT molecular complexity index is 444. The van der Waals surface area contributed by atoms with Crippen molar-refractivity contribution in [2.45, 2.75) is 13.5 Å². The third kappa shape index (κ3) is 1.29. The Kier molecular flexibility index (Phi) is 2.05. The molecule has 2 aromatic rings. The van der Waals surface area contributed by atoms with Crippen LogP contribution in [0.1, 0.15) is 11.5 Å². The average molecular weight is 193 g/mol. The highest BCUT2D eigenvalue weighted by atomic mass is 16.5. The van der Waals surface area contributed by atoms with Gasteiger partial charge in [0.05, 0.1) is 18.3 Å². The average Bonchev–Trinajstić information content (AvgIpc) is 2.75. The molecule has 0 saturated carbocycles. The maximum atomic E-state index is 5.38. The predicted molar refractivity (Wildman–Crippen MR) is 49.1 cm³/mol. The summed E-state index contributed by atoms with van der Waals surface area (Å²) in [4.78, 5) is 4.12. The van der Waals surface area contributed by atoms with Gasteiger partial charge in [-0.2, -0.15) is 10.1 Å². The largest absolute Gasteiger partial charge is 0.334 e. The Morgan fingerprint density at radius 2 is 2.36 bits per heavy atom. The Morgan fingerprint density at radius 3 is 2.86 bits per heavy atom. The van der Waals surface area contributed by atoms with Gasteiger partial charge in [-0.05, 0) is 6.92 Å². The van der Waals surface area contributed by atoms with E-state index in [-0.39, 0.29) is 6.54 Å². The summed E-state index contributed by atoms with van der Waals surface area (Å²) >= 11 is 0. The van der Waals surface area contributed by atoms with E-state index in [0.717, 1.165) is 11.3 Å². The van der Waals surface area contributed by atoms with Crippen LogP contribution in [-0.2, 0) is 13.6 Å². The molecular formula is C8H11N5O. The molecule has 0 spiro atoms. The van der Waals surface area contributed by atoms with Crippen LogP contribution in [0.5, 0.6) is 0 Å². The van der Waals surface area contributed by atoms with E-state index in [1.165, 1.54) is 0 Å². The molecule has 0 radical (unpaired) electrons. The number of hydrogen-bond donors (Lipinski definition) is 1. The Hall–Kier alpha value is -1.69. The molecule has 2 heterocycles. The van der Waals surface area contributed by atoms with Gasteiger partial charge in [-0.3, -0.25) is 4.68 Å².